The van der Waals surface area contributed by atoms with Crippen molar-refractivity contribution in [3.05, 3.63) is 100 Å². The molecule has 4 heteroatoms. The Morgan fingerprint density at radius 3 is 1.64 bits per heavy atom. The molecule has 0 bridgehead atoms. The molecule has 0 radical (unpaired) electrons. The van der Waals surface area contributed by atoms with Gasteiger partial charge in [-0.05, 0) is 85.2 Å². The smallest absolute Gasteiger partial charge is 0.128 e. The van der Waals surface area contributed by atoms with Crippen LogP contribution >= 0.6 is 11.3 Å². The first-order valence-electron chi connectivity index (χ1n) is 18.0. The molecule has 1 aromatic heterocycles. The molecule has 0 aliphatic heterocycles. The SMILES string of the molecule is CC(C)(C)c1cc(-c2cc(C(C)(C)C)cc3sc(-c4ccccc4N=Cc4cc(C(C)(C)C)cc(C(C)(C)C)c4O)nc23)cc(C(C)(C)C)c1. The second-order valence-electron chi connectivity index (χ2n) is 19.2. The van der Waals surface area contributed by atoms with E-state index in [9.17, 15) is 5.11 Å². The average Bonchev–Trinajstić information content (AvgIpc) is 3.42. The van der Waals surface area contributed by atoms with E-state index in [2.05, 4.69) is 158 Å². The Labute approximate surface area is 305 Å². The van der Waals surface area contributed by atoms with Gasteiger partial charge < -0.3 is 5.11 Å². The van der Waals surface area contributed by atoms with Crippen molar-refractivity contribution >= 4 is 33.5 Å². The fraction of sp³-hybridized carbons (Fsp3) is 0.435. The van der Waals surface area contributed by atoms with Gasteiger partial charge >= 0.3 is 0 Å². The number of hydrogen-bond acceptors (Lipinski definition) is 4. The molecule has 5 aromatic rings. The van der Waals surface area contributed by atoms with Crippen LogP contribution in [0, 0.1) is 0 Å². The number of hydrogen-bond donors (Lipinski definition) is 1. The van der Waals surface area contributed by atoms with Crippen molar-refractivity contribution in [2.45, 2.75) is 131 Å². The molecule has 1 heterocycles. The summed E-state index contributed by atoms with van der Waals surface area (Å²) in [5.74, 6) is 0.290. The van der Waals surface area contributed by atoms with E-state index in [1.165, 1.54) is 38.1 Å². The van der Waals surface area contributed by atoms with E-state index in [4.69, 9.17) is 9.98 Å². The summed E-state index contributed by atoms with van der Waals surface area (Å²) in [6, 6.07) is 24.3. The van der Waals surface area contributed by atoms with Gasteiger partial charge in [0.1, 0.15) is 10.8 Å². The first-order chi connectivity index (χ1) is 22.8. The highest BCUT2D eigenvalue weighted by molar-refractivity contribution is 7.21. The highest BCUT2D eigenvalue weighted by Crippen LogP contribution is 2.44. The second-order valence-corrected chi connectivity index (χ2v) is 20.2. The number of phenolic OH excluding ortho intramolecular Hbond substituents is 1. The van der Waals surface area contributed by atoms with Crippen LogP contribution in [0.3, 0.4) is 0 Å². The largest absolute Gasteiger partial charge is 0.507 e. The Morgan fingerprint density at radius 2 is 1.10 bits per heavy atom. The standard InChI is InChI=1S/C46H58N2OS/c1-42(2,3)30-20-28(21-31(23-30)43(4,5)6)35-24-33(45(10,11)12)26-38-39(35)48-41(50-38)34-18-16-17-19-37(34)47-27-29-22-32(44(7,8)9)25-36(40(29)49)46(13,14)15/h16-27,49H,1-15H3. The highest BCUT2D eigenvalue weighted by atomic mass is 32.1. The number of aromatic hydroxyl groups is 1. The molecule has 0 saturated heterocycles. The fourth-order valence-electron chi connectivity index (χ4n) is 6.11. The molecule has 50 heavy (non-hydrogen) atoms. The lowest BCUT2D eigenvalue weighted by Crippen LogP contribution is -2.17. The third-order valence-corrected chi connectivity index (χ3v) is 10.7. The number of aromatic nitrogens is 1. The molecular weight excluding hydrogens is 629 g/mol. The molecule has 0 unspecified atom stereocenters. The molecule has 5 rings (SSSR count). The van der Waals surface area contributed by atoms with Crippen molar-refractivity contribution in [2.75, 3.05) is 0 Å². The number of phenols is 1. The number of rotatable bonds is 4. The van der Waals surface area contributed by atoms with Gasteiger partial charge in [-0.15, -0.1) is 11.3 Å². The Kier molecular flexibility index (Phi) is 9.58. The van der Waals surface area contributed by atoms with Crippen LogP contribution in [-0.4, -0.2) is 16.3 Å². The Bertz CT molecular complexity index is 2040. The summed E-state index contributed by atoms with van der Waals surface area (Å²) in [5.41, 5.74) is 11.7. The van der Waals surface area contributed by atoms with Gasteiger partial charge in [0.05, 0.1) is 15.9 Å². The lowest BCUT2D eigenvalue weighted by Gasteiger charge is -2.27. The minimum Gasteiger partial charge on any atom is -0.507 e. The molecule has 0 amide bonds. The van der Waals surface area contributed by atoms with Crippen LogP contribution in [0.5, 0.6) is 5.75 Å². The van der Waals surface area contributed by atoms with E-state index >= 15 is 0 Å². The molecule has 4 aromatic carbocycles. The molecule has 0 aliphatic carbocycles. The third-order valence-electron chi connectivity index (χ3n) is 9.63. The molecule has 264 valence electrons. The van der Waals surface area contributed by atoms with Crippen molar-refractivity contribution in [1.82, 2.24) is 4.98 Å². The van der Waals surface area contributed by atoms with E-state index < -0.39 is 0 Å². The zero-order chi connectivity index (χ0) is 37.2. The highest BCUT2D eigenvalue weighted by Gasteiger charge is 2.26. The van der Waals surface area contributed by atoms with Gasteiger partial charge in [0, 0.05) is 28.5 Å². The van der Waals surface area contributed by atoms with Crippen LogP contribution in [-0.2, 0) is 27.1 Å². The maximum atomic E-state index is 11.4. The average molecular weight is 687 g/mol. The topological polar surface area (TPSA) is 45.5 Å². The molecule has 0 fully saturated rings. The first kappa shape index (κ1) is 37.5. The fourth-order valence-corrected chi connectivity index (χ4v) is 7.18. The summed E-state index contributed by atoms with van der Waals surface area (Å²) in [5, 5.41) is 12.4. The number of fused-ring (bicyclic) bond motifs is 1. The molecule has 0 atom stereocenters. The number of para-hydroxylation sites is 1. The zero-order valence-corrected chi connectivity index (χ0v) is 34.0. The maximum absolute atomic E-state index is 11.4. The number of nitrogens with zero attached hydrogens (tertiary/aromatic N) is 2. The summed E-state index contributed by atoms with van der Waals surface area (Å²) in [4.78, 5) is 10.4. The van der Waals surface area contributed by atoms with E-state index in [0.29, 0.717) is 0 Å². The molecule has 1 N–H and O–H groups in total. The minimum absolute atomic E-state index is 0.00935. The van der Waals surface area contributed by atoms with Gasteiger partial charge in [-0.2, -0.15) is 0 Å². The Balaban J connectivity index is 1.71. The zero-order valence-electron chi connectivity index (χ0n) is 33.2. The maximum Gasteiger partial charge on any atom is 0.128 e. The van der Waals surface area contributed by atoms with Crippen LogP contribution in [0.2, 0.25) is 0 Å². The summed E-state index contributed by atoms with van der Waals surface area (Å²) in [6.07, 6.45) is 1.82. The van der Waals surface area contributed by atoms with Crippen LogP contribution in [0.15, 0.2) is 71.7 Å². The van der Waals surface area contributed by atoms with Gasteiger partial charge in [0.2, 0.25) is 0 Å². The monoisotopic (exact) mass is 686 g/mol. The molecule has 0 aliphatic rings. The quantitative estimate of drug-likeness (QED) is 0.191. The number of thiazole rings is 1. The minimum atomic E-state index is -0.212. The van der Waals surface area contributed by atoms with Crippen molar-refractivity contribution in [3.8, 4) is 27.4 Å². The van der Waals surface area contributed by atoms with Crippen LogP contribution in [0.25, 0.3) is 31.9 Å². The molecule has 3 nitrogen and oxygen atoms in total. The summed E-state index contributed by atoms with van der Waals surface area (Å²) >= 11 is 1.73. The van der Waals surface area contributed by atoms with Gasteiger partial charge in [-0.3, -0.25) is 4.99 Å². The van der Waals surface area contributed by atoms with Crippen molar-refractivity contribution < 1.29 is 5.11 Å². The molecular formula is C46H58N2OS. The van der Waals surface area contributed by atoms with E-state index in [1.807, 2.05) is 18.3 Å². The molecule has 0 saturated carbocycles. The van der Waals surface area contributed by atoms with Gasteiger partial charge in [-0.25, -0.2) is 4.98 Å². The van der Waals surface area contributed by atoms with Crippen LogP contribution in [0.4, 0.5) is 5.69 Å². The van der Waals surface area contributed by atoms with Gasteiger partial charge in [0.15, 0.2) is 0 Å². The Morgan fingerprint density at radius 1 is 0.580 bits per heavy atom. The van der Waals surface area contributed by atoms with E-state index in [-0.39, 0.29) is 32.8 Å². The predicted octanol–water partition coefficient (Wildman–Crippen LogP) is 13.6. The first-order valence-corrected chi connectivity index (χ1v) is 18.8. The van der Waals surface area contributed by atoms with Crippen molar-refractivity contribution in [3.63, 3.8) is 0 Å². The van der Waals surface area contributed by atoms with Crippen molar-refractivity contribution in [1.29, 1.82) is 0 Å². The summed E-state index contributed by atoms with van der Waals surface area (Å²) in [6.45, 7) is 33.6. The lowest BCUT2D eigenvalue weighted by atomic mass is 9.78. The molecule has 0 spiro atoms. The second kappa shape index (κ2) is 12.8. The van der Waals surface area contributed by atoms with Crippen molar-refractivity contribution in [2.24, 2.45) is 4.99 Å². The summed E-state index contributed by atoms with van der Waals surface area (Å²) in [7, 11) is 0. The Hall–Kier alpha value is -3.76. The lowest BCUT2D eigenvalue weighted by molar-refractivity contribution is 0.444. The van der Waals surface area contributed by atoms with Crippen LogP contribution < -0.4 is 0 Å². The van der Waals surface area contributed by atoms with Crippen LogP contribution in [0.1, 0.15) is 137 Å². The number of benzene rings is 4. The van der Waals surface area contributed by atoms with E-state index in [1.54, 1.807) is 11.3 Å². The number of aliphatic imine (C=N–C) groups is 1. The van der Waals surface area contributed by atoms with Gasteiger partial charge in [0.25, 0.3) is 0 Å². The van der Waals surface area contributed by atoms with E-state index in [0.717, 1.165) is 32.9 Å². The van der Waals surface area contributed by atoms with Gasteiger partial charge in [-0.1, -0.05) is 140 Å². The third kappa shape index (κ3) is 7.91. The normalized spacial score (nSPS) is 13.5. The summed E-state index contributed by atoms with van der Waals surface area (Å²) < 4.78 is 1.17. The predicted molar refractivity (Wildman–Crippen MR) is 219 cm³/mol.